The number of aromatic nitrogens is 1. The number of hydrogen-bond acceptors (Lipinski definition) is 4. The minimum absolute atomic E-state index is 0.0184. The van der Waals surface area contributed by atoms with E-state index in [1.54, 1.807) is 48.6 Å². The van der Waals surface area contributed by atoms with Gasteiger partial charge in [0.05, 0.1) is 6.04 Å². The number of benzene rings is 1. The molecule has 1 aromatic heterocycles. The summed E-state index contributed by atoms with van der Waals surface area (Å²) in [6, 6.07) is 10.7. The van der Waals surface area contributed by atoms with E-state index >= 15 is 0 Å². The number of rotatable bonds is 6. The molecule has 1 aromatic carbocycles. The van der Waals surface area contributed by atoms with Crippen molar-refractivity contribution in [3.05, 3.63) is 59.9 Å². The Hall–Kier alpha value is -2.89. The molecule has 2 aromatic rings. The van der Waals surface area contributed by atoms with Gasteiger partial charge < -0.3 is 14.5 Å². The average molecular weight is 381 g/mol. The molecule has 1 aliphatic heterocycles. The number of carbonyl (C=O) groups excluding carboxylic acids is 2. The van der Waals surface area contributed by atoms with Gasteiger partial charge in [-0.1, -0.05) is 6.07 Å². The molecule has 3 rings (SSSR count). The van der Waals surface area contributed by atoms with E-state index in [0.717, 1.165) is 31.5 Å². The van der Waals surface area contributed by atoms with Crippen LogP contribution in [0.2, 0.25) is 0 Å². The van der Waals surface area contributed by atoms with Crippen molar-refractivity contribution in [3.8, 4) is 5.75 Å². The molecule has 0 spiro atoms. The number of carbonyl (C=O) groups is 2. The molecular formula is C22H27N3O3. The first kappa shape index (κ1) is 19.9. The molecule has 28 heavy (non-hydrogen) atoms. The summed E-state index contributed by atoms with van der Waals surface area (Å²) in [5.74, 6) is 0.530. The fraction of sp³-hybridized carbons (Fsp3) is 0.409. The summed E-state index contributed by atoms with van der Waals surface area (Å²) in [6.45, 7) is 3.64. The Kier molecular flexibility index (Phi) is 6.63. The van der Waals surface area contributed by atoms with Crippen LogP contribution in [-0.2, 0) is 4.79 Å². The van der Waals surface area contributed by atoms with Gasteiger partial charge in [0, 0.05) is 38.1 Å². The summed E-state index contributed by atoms with van der Waals surface area (Å²) < 4.78 is 5.61. The van der Waals surface area contributed by atoms with Gasteiger partial charge in [-0.05, 0) is 62.1 Å². The first-order valence-electron chi connectivity index (χ1n) is 9.74. The minimum atomic E-state index is -0.0840. The zero-order chi connectivity index (χ0) is 19.9. The van der Waals surface area contributed by atoms with Gasteiger partial charge in [0.1, 0.15) is 5.75 Å². The molecule has 0 saturated carbocycles. The van der Waals surface area contributed by atoms with Crippen molar-refractivity contribution in [2.75, 3.05) is 26.7 Å². The molecule has 0 bridgehead atoms. The van der Waals surface area contributed by atoms with Crippen LogP contribution in [0.15, 0.2) is 48.8 Å². The van der Waals surface area contributed by atoms with Crippen LogP contribution < -0.4 is 4.74 Å². The van der Waals surface area contributed by atoms with E-state index in [-0.39, 0.29) is 24.5 Å². The zero-order valence-electron chi connectivity index (χ0n) is 16.5. The third-order valence-electron chi connectivity index (χ3n) is 5.24. The van der Waals surface area contributed by atoms with Crippen molar-refractivity contribution < 1.29 is 14.3 Å². The fourth-order valence-electron chi connectivity index (χ4n) is 3.30. The number of hydrogen-bond donors (Lipinski definition) is 0. The van der Waals surface area contributed by atoms with Crippen LogP contribution in [0.5, 0.6) is 5.75 Å². The average Bonchev–Trinajstić information content (AvgIpc) is 2.77. The lowest BCUT2D eigenvalue weighted by molar-refractivity contribution is -0.134. The summed E-state index contributed by atoms with van der Waals surface area (Å²) in [6.07, 6.45) is 6.80. The lowest BCUT2D eigenvalue weighted by Crippen LogP contribution is -2.38. The number of nitrogens with zero attached hydrogens (tertiary/aromatic N) is 3. The predicted molar refractivity (Wildman–Crippen MR) is 107 cm³/mol. The third kappa shape index (κ3) is 4.88. The molecule has 0 N–H and O–H groups in total. The molecule has 2 amide bonds. The Morgan fingerprint density at radius 1 is 1.14 bits per heavy atom. The molecule has 6 heteroatoms. The number of pyridine rings is 1. The van der Waals surface area contributed by atoms with Crippen LogP contribution >= 0.6 is 0 Å². The van der Waals surface area contributed by atoms with E-state index in [1.165, 1.54) is 6.42 Å². The van der Waals surface area contributed by atoms with Crippen LogP contribution in [0.4, 0.5) is 0 Å². The highest BCUT2D eigenvalue weighted by atomic mass is 16.5. The molecular weight excluding hydrogens is 354 g/mol. The van der Waals surface area contributed by atoms with Crippen LogP contribution in [0.3, 0.4) is 0 Å². The summed E-state index contributed by atoms with van der Waals surface area (Å²) in [5.41, 5.74) is 1.56. The monoisotopic (exact) mass is 381 g/mol. The highest BCUT2D eigenvalue weighted by molar-refractivity contribution is 5.94. The van der Waals surface area contributed by atoms with Crippen LogP contribution in [0.25, 0.3) is 0 Å². The second-order valence-corrected chi connectivity index (χ2v) is 7.13. The van der Waals surface area contributed by atoms with Gasteiger partial charge in [0.25, 0.3) is 11.8 Å². The standard InChI is InChI=1S/C22H27N3O3/c1-17(19-7-6-12-23-15-19)24(2)22(27)18-8-10-20(11-9-18)28-16-21(26)25-13-4-3-5-14-25/h6-12,15,17H,3-5,13-14,16H2,1-2H3. The molecule has 1 saturated heterocycles. The van der Waals surface area contributed by atoms with E-state index in [9.17, 15) is 9.59 Å². The van der Waals surface area contributed by atoms with Crippen molar-refractivity contribution in [3.63, 3.8) is 0 Å². The quantitative estimate of drug-likeness (QED) is 0.770. The Bertz CT molecular complexity index is 786. The van der Waals surface area contributed by atoms with Crippen molar-refractivity contribution >= 4 is 11.8 Å². The fourth-order valence-corrected chi connectivity index (χ4v) is 3.30. The first-order chi connectivity index (χ1) is 13.6. The lowest BCUT2D eigenvalue weighted by atomic mass is 10.1. The zero-order valence-corrected chi connectivity index (χ0v) is 16.5. The van der Waals surface area contributed by atoms with Crippen LogP contribution in [0.1, 0.15) is 48.1 Å². The van der Waals surface area contributed by atoms with Gasteiger partial charge in [-0.15, -0.1) is 0 Å². The highest BCUT2D eigenvalue weighted by Crippen LogP contribution is 2.21. The molecule has 2 heterocycles. The van der Waals surface area contributed by atoms with Gasteiger partial charge in [0.2, 0.25) is 0 Å². The number of likely N-dealkylation sites (tertiary alicyclic amines) is 1. The molecule has 0 aliphatic carbocycles. The summed E-state index contributed by atoms with van der Waals surface area (Å²) >= 11 is 0. The second-order valence-electron chi connectivity index (χ2n) is 7.13. The van der Waals surface area contributed by atoms with Gasteiger partial charge in [0.15, 0.2) is 6.61 Å². The maximum Gasteiger partial charge on any atom is 0.260 e. The van der Waals surface area contributed by atoms with Gasteiger partial charge in [-0.2, -0.15) is 0 Å². The van der Waals surface area contributed by atoms with E-state index in [4.69, 9.17) is 4.74 Å². The summed E-state index contributed by atoms with van der Waals surface area (Å²) in [5, 5.41) is 0. The first-order valence-corrected chi connectivity index (χ1v) is 9.74. The van der Waals surface area contributed by atoms with Crippen molar-refractivity contribution in [1.82, 2.24) is 14.8 Å². The molecule has 1 aliphatic rings. The Morgan fingerprint density at radius 3 is 2.50 bits per heavy atom. The third-order valence-corrected chi connectivity index (χ3v) is 5.24. The van der Waals surface area contributed by atoms with E-state index in [1.807, 2.05) is 24.0 Å². The minimum Gasteiger partial charge on any atom is -0.484 e. The molecule has 1 atom stereocenters. The summed E-state index contributed by atoms with van der Waals surface area (Å²) in [7, 11) is 1.78. The van der Waals surface area contributed by atoms with Crippen LogP contribution in [0, 0.1) is 0 Å². The van der Waals surface area contributed by atoms with Crippen molar-refractivity contribution in [2.45, 2.75) is 32.2 Å². The smallest absolute Gasteiger partial charge is 0.260 e. The second kappa shape index (κ2) is 9.35. The van der Waals surface area contributed by atoms with Crippen LogP contribution in [-0.4, -0.2) is 53.3 Å². The number of amides is 2. The lowest BCUT2D eigenvalue weighted by Gasteiger charge is -2.26. The van der Waals surface area contributed by atoms with Crippen molar-refractivity contribution in [2.24, 2.45) is 0 Å². The Morgan fingerprint density at radius 2 is 1.86 bits per heavy atom. The molecule has 1 unspecified atom stereocenters. The number of ether oxygens (including phenoxy) is 1. The maximum absolute atomic E-state index is 12.7. The van der Waals surface area contributed by atoms with Gasteiger partial charge >= 0.3 is 0 Å². The molecule has 0 radical (unpaired) electrons. The SMILES string of the molecule is CC(c1cccnc1)N(C)C(=O)c1ccc(OCC(=O)N2CCCCC2)cc1. The van der Waals surface area contributed by atoms with E-state index in [0.29, 0.717) is 11.3 Å². The van der Waals surface area contributed by atoms with E-state index in [2.05, 4.69) is 4.98 Å². The molecule has 6 nitrogen and oxygen atoms in total. The van der Waals surface area contributed by atoms with Gasteiger partial charge in [-0.3, -0.25) is 14.6 Å². The summed E-state index contributed by atoms with van der Waals surface area (Å²) in [4.78, 5) is 32.6. The highest BCUT2D eigenvalue weighted by Gasteiger charge is 2.20. The Balaban J connectivity index is 1.55. The molecule has 1 fully saturated rings. The van der Waals surface area contributed by atoms with E-state index < -0.39 is 0 Å². The normalized spacial score (nSPS) is 15.0. The topological polar surface area (TPSA) is 62.7 Å². The van der Waals surface area contributed by atoms with Gasteiger partial charge in [-0.25, -0.2) is 0 Å². The van der Waals surface area contributed by atoms with Crippen molar-refractivity contribution in [1.29, 1.82) is 0 Å². The Labute approximate surface area is 166 Å². The maximum atomic E-state index is 12.7. The number of piperidine rings is 1. The predicted octanol–water partition coefficient (Wildman–Crippen LogP) is 3.31. The molecule has 148 valence electrons. The largest absolute Gasteiger partial charge is 0.484 e.